The van der Waals surface area contributed by atoms with Gasteiger partial charge < -0.3 is 0 Å². The minimum absolute atomic E-state index is 0.330. The van der Waals surface area contributed by atoms with Gasteiger partial charge in [-0.2, -0.15) is 13.2 Å². The van der Waals surface area contributed by atoms with Crippen LogP contribution in [-0.2, 0) is 12.6 Å². The van der Waals surface area contributed by atoms with Gasteiger partial charge in [0.05, 0.1) is 11.3 Å². The summed E-state index contributed by atoms with van der Waals surface area (Å²) < 4.78 is 38.0. The largest absolute Gasteiger partial charge is 0.416 e. The van der Waals surface area contributed by atoms with E-state index in [1.165, 1.54) is 12.4 Å². The van der Waals surface area contributed by atoms with E-state index in [2.05, 4.69) is 9.97 Å². The normalized spacial score (nSPS) is 11.7. The number of alkyl halides is 3. The van der Waals surface area contributed by atoms with Crippen LogP contribution in [-0.4, -0.2) is 9.97 Å². The summed E-state index contributed by atoms with van der Waals surface area (Å²) in [4.78, 5) is 8.05. The number of halogens is 4. The summed E-state index contributed by atoms with van der Waals surface area (Å²) in [7, 11) is 0. The van der Waals surface area contributed by atoms with Gasteiger partial charge in [-0.25, -0.2) is 9.97 Å². The van der Waals surface area contributed by atoms with Crippen molar-refractivity contribution in [3.63, 3.8) is 0 Å². The van der Waals surface area contributed by atoms with Gasteiger partial charge in [-0.05, 0) is 31.0 Å². The molecular formula is C14H12ClF3N2. The number of benzene rings is 1. The summed E-state index contributed by atoms with van der Waals surface area (Å²) in [6.45, 7) is 3.52. The third-order valence-corrected chi connectivity index (χ3v) is 3.38. The van der Waals surface area contributed by atoms with Crippen LogP contribution >= 0.6 is 11.6 Å². The molecule has 2 aromatic rings. The smallest absolute Gasteiger partial charge is 0.236 e. The summed E-state index contributed by atoms with van der Waals surface area (Å²) in [6.07, 6.45) is -2.43. The lowest BCUT2D eigenvalue weighted by molar-refractivity contribution is -0.137. The zero-order valence-electron chi connectivity index (χ0n) is 10.9. The highest BCUT2D eigenvalue weighted by atomic mass is 35.5. The minimum Gasteiger partial charge on any atom is -0.236 e. The summed E-state index contributed by atoms with van der Waals surface area (Å²) in [5, 5.41) is 0.330. The molecule has 0 fully saturated rings. The van der Waals surface area contributed by atoms with E-state index >= 15 is 0 Å². The second-order valence-corrected chi connectivity index (χ2v) is 4.73. The van der Waals surface area contributed by atoms with Crippen molar-refractivity contribution in [2.75, 3.05) is 0 Å². The zero-order valence-corrected chi connectivity index (χ0v) is 11.7. The number of rotatable bonds is 2. The summed E-state index contributed by atoms with van der Waals surface area (Å²) in [5.74, 6) is 0. The third-order valence-electron chi connectivity index (χ3n) is 3.06. The second-order valence-electron chi connectivity index (χ2n) is 4.37. The maximum atomic E-state index is 12.7. The maximum absolute atomic E-state index is 12.7. The Morgan fingerprint density at radius 1 is 1.20 bits per heavy atom. The molecule has 0 amide bonds. The van der Waals surface area contributed by atoms with E-state index in [1.54, 1.807) is 6.92 Å². The van der Waals surface area contributed by atoms with Gasteiger partial charge in [-0.15, -0.1) is 0 Å². The fourth-order valence-corrected chi connectivity index (χ4v) is 2.31. The lowest BCUT2D eigenvalue weighted by atomic mass is 9.98. The fraction of sp³-hybridized carbons (Fsp3) is 0.286. The predicted octanol–water partition coefficient (Wildman–Crippen LogP) is 4.69. The van der Waals surface area contributed by atoms with Crippen LogP contribution in [0.25, 0.3) is 11.3 Å². The van der Waals surface area contributed by atoms with E-state index in [9.17, 15) is 13.2 Å². The molecule has 1 aromatic heterocycles. The molecule has 1 heterocycles. The highest BCUT2D eigenvalue weighted by Gasteiger charge is 2.30. The van der Waals surface area contributed by atoms with Crippen LogP contribution < -0.4 is 0 Å². The number of aromatic nitrogens is 2. The Kier molecular flexibility index (Phi) is 3.99. The molecule has 0 saturated carbocycles. The quantitative estimate of drug-likeness (QED) is 0.752. The molecule has 0 atom stereocenters. The Labute approximate surface area is 119 Å². The average molecular weight is 301 g/mol. The van der Waals surface area contributed by atoms with Crippen LogP contribution in [0, 0.1) is 6.92 Å². The molecular weight excluding hydrogens is 289 g/mol. The Balaban J connectivity index is 2.58. The molecule has 0 aliphatic heterocycles. The molecule has 0 bridgehead atoms. The van der Waals surface area contributed by atoms with Crippen LogP contribution in [0.4, 0.5) is 13.2 Å². The summed E-state index contributed by atoms with van der Waals surface area (Å²) in [5.41, 5.74) is 1.79. The molecule has 0 aliphatic carbocycles. The first-order valence-corrected chi connectivity index (χ1v) is 6.40. The average Bonchev–Trinajstić information content (AvgIpc) is 2.37. The SMILES string of the molecule is CCc1c(Cl)ncnc1-c1ccc(C(F)(F)F)cc1C. The van der Waals surface area contributed by atoms with E-state index in [0.29, 0.717) is 28.4 Å². The van der Waals surface area contributed by atoms with Gasteiger partial charge in [0.25, 0.3) is 0 Å². The van der Waals surface area contributed by atoms with Crippen molar-refractivity contribution in [2.45, 2.75) is 26.4 Å². The predicted molar refractivity (Wildman–Crippen MR) is 71.6 cm³/mol. The number of hydrogen-bond donors (Lipinski definition) is 0. The van der Waals surface area contributed by atoms with Crippen molar-refractivity contribution >= 4 is 11.6 Å². The standard InChI is InChI=1S/C14H12ClF3N2/c1-3-10-12(19-7-20-13(10)15)11-5-4-9(6-8(11)2)14(16,17)18/h4-7H,3H2,1-2H3. The lowest BCUT2D eigenvalue weighted by Gasteiger charge is -2.13. The van der Waals surface area contributed by atoms with Crippen LogP contribution in [0.5, 0.6) is 0 Å². The minimum atomic E-state index is -4.35. The van der Waals surface area contributed by atoms with Crippen LogP contribution in [0.2, 0.25) is 5.15 Å². The van der Waals surface area contributed by atoms with Crippen molar-refractivity contribution in [3.8, 4) is 11.3 Å². The van der Waals surface area contributed by atoms with E-state index in [4.69, 9.17) is 11.6 Å². The molecule has 0 spiro atoms. The van der Waals surface area contributed by atoms with Crippen molar-refractivity contribution in [1.82, 2.24) is 9.97 Å². The van der Waals surface area contributed by atoms with E-state index < -0.39 is 11.7 Å². The Hall–Kier alpha value is -1.62. The maximum Gasteiger partial charge on any atom is 0.416 e. The van der Waals surface area contributed by atoms with Crippen LogP contribution in [0.15, 0.2) is 24.5 Å². The molecule has 0 unspecified atom stereocenters. The van der Waals surface area contributed by atoms with Gasteiger partial charge in [0, 0.05) is 11.1 Å². The number of aryl methyl sites for hydroxylation is 1. The van der Waals surface area contributed by atoms with Gasteiger partial charge >= 0.3 is 6.18 Å². The molecule has 6 heteroatoms. The highest BCUT2D eigenvalue weighted by Crippen LogP contribution is 2.34. The summed E-state index contributed by atoms with van der Waals surface area (Å²) in [6, 6.07) is 3.60. The van der Waals surface area contributed by atoms with Gasteiger partial charge in [0.15, 0.2) is 0 Å². The first-order chi connectivity index (χ1) is 9.34. The van der Waals surface area contributed by atoms with Crippen LogP contribution in [0.3, 0.4) is 0 Å². The van der Waals surface area contributed by atoms with E-state index in [1.807, 2.05) is 6.92 Å². The molecule has 2 nitrogen and oxygen atoms in total. The molecule has 0 aliphatic rings. The Bertz CT molecular complexity index is 639. The van der Waals surface area contributed by atoms with Gasteiger partial charge in [0.2, 0.25) is 0 Å². The fourth-order valence-electron chi connectivity index (χ4n) is 2.04. The van der Waals surface area contributed by atoms with Gasteiger partial charge in [-0.3, -0.25) is 0 Å². The summed E-state index contributed by atoms with van der Waals surface area (Å²) >= 11 is 6.00. The Morgan fingerprint density at radius 2 is 1.90 bits per heavy atom. The number of hydrogen-bond acceptors (Lipinski definition) is 2. The molecule has 2 rings (SSSR count). The molecule has 20 heavy (non-hydrogen) atoms. The molecule has 0 N–H and O–H groups in total. The first kappa shape index (κ1) is 14.8. The number of nitrogens with zero attached hydrogens (tertiary/aromatic N) is 2. The zero-order chi connectivity index (χ0) is 14.9. The second kappa shape index (κ2) is 5.40. The van der Waals surface area contributed by atoms with Crippen molar-refractivity contribution in [2.24, 2.45) is 0 Å². The third kappa shape index (κ3) is 2.77. The molecule has 106 valence electrons. The molecule has 1 aromatic carbocycles. The van der Waals surface area contributed by atoms with Crippen molar-refractivity contribution in [1.29, 1.82) is 0 Å². The highest BCUT2D eigenvalue weighted by molar-refractivity contribution is 6.30. The van der Waals surface area contributed by atoms with Crippen LogP contribution in [0.1, 0.15) is 23.6 Å². The van der Waals surface area contributed by atoms with E-state index in [0.717, 1.165) is 17.7 Å². The lowest BCUT2D eigenvalue weighted by Crippen LogP contribution is -2.06. The topological polar surface area (TPSA) is 25.8 Å². The van der Waals surface area contributed by atoms with Crippen molar-refractivity contribution in [3.05, 3.63) is 46.4 Å². The first-order valence-electron chi connectivity index (χ1n) is 6.02. The Morgan fingerprint density at radius 3 is 2.45 bits per heavy atom. The van der Waals surface area contributed by atoms with E-state index in [-0.39, 0.29) is 0 Å². The molecule has 0 radical (unpaired) electrons. The monoisotopic (exact) mass is 300 g/mol. The van der Waals surface area contributed by atoms with Gasteiger partial charge in [-0.1, -0.05) is 24.6 Å². The molecule has 0 saturated heterocycles. The van der Waals surface area contributed by atoms with Gasteiger partial charge in [0.1, 0.15) is 11.5 Å². The van der Waals surface area contributed by atoms with Crippen molar-refractivity contribution < 1.29 is 13.2 Å².